The van der Waals surface area contributed by atoms with Crippen LogP contribution < -0.4 is 61.8 Å². The van der Waals surface area contributed by atoms with E-state index in [9.17, 15) is 8.42 Å². The van der Waals surface area contributed by atoms with Crippen molar-refractivity contribution in [1.82, 2.24) is 10.2 Å². The molecule has 0 saturated heterocycles. The smallest absolute Gasteiger partial charge is 1.00 e. The van der Waals surface area contributed by atoms with Crippen molar-refractivity contribution in [1.29, 1.82) is 0 Å². The monoisotopic (exact) mass is 324 g/mol. The van der Waals surface area contributed by atoms with Crippen LogP contribution in [-0.2, 0) is 10.0 Å². The van der Waals surface area contributed by atoms with Gasteiger partial charge in [0, 0.05) is 5.69 Å². The number of nitrogens with zero attached hydrogens (tertiary/aromatic N) is 2. The fraction of sp³-hybridized carbons (Fsp3) is 0. The van der Waals surface area contributed by atoms with Crippen molar-refractivity contribution in [2.24, 2.45) is 0 Å². The molecule has 96 valence electrons. The van der Waals surface area contributed by atoms with E-state index in [2.05, 4.69) is 14.9 Å². The van der Waals surface area contributed by atoms with Gasteiger partial charge in [-0.1, -0.05) is 11.6 Å². The molecule has 0 aliphatic carbocycles. The molecule has 1 aromatic carbocycles. The van der Waals surface area contributed by atoms with E-state index in [1.165, 1.54) is 36.4 Å². The van der Waals surface area contributed by atoms with Crippen molar-refractivity contribution in [2.75, 3.05) is 10.5 Å². The molecule has 0 atom stereocenters. The third-order valence-corrected chi connectivity index (χ3v) is 3.63. The van der Waals surface area contributed by atoms with E-state index in [4.69, 9.17) is 17.3 Å². The van der Waals surface area contributed by atoms with Gasteiger partial charge in [0.05, 0.1) is 4.90 Å². The Bertz CT molecular complexity index is 652. The maximum absolute atomic E-state index is 11.9. The average Bonchev–Trinajstić information content (AvgIpc) is 2.32. The van der Waals surface area contributed by atoms with E-state index in [-0.39, 0.29) is 68.7 Å². The Balaban J connectivity index is 0.00000180. The molecule has 0 bridgehead atoms. The first-order valence-corrected chi connectivity index (χ1v) is 6.71. The Morgan fingerprint density at radius 1 is 1.11 bits per heavy atom. The minimum absolute atomic E-state index is 0. The first-order valence-electron chi connectivity index (χ1n) is 4.85. The van der Waals surface area contributed by atoms with Crippen molar-refractivity contribution >= 4 is 33.1 Å². The maximum Gasteiger partial charge on any atom is 1.00 e. The molecule has 1 heterocycles. The van der Waals surface area contributed by atoms with Gasteiger partial charge in [0.1, 0.15) is 0 Å². The summed E-state index contributed by atoms with van der Waals surface area (Å²) in [4.78, 5) is 0.0912. The number of anilines is 2. The normalized spacial score (nSPS) is 10.6. The summed E-state index contributed by atoms with van der Waals surface area (Å²) in [6.07, 6.45) is 0. The Labute approximate surface area is 159 Å². The van der Waals surface area contributed by atoms with Crippen molar-refractivity contribution in [3.63, 3.8) is 0 Å². The first kappa shape index (κ1) is 16.8. The molecule has 3 N–H and O–H groups in total. The number of benzene rings is 1. The van der Waals surface area contributed by atoms with Gasteiger partial charge in [-0.15, -0.1) is 10.2 Å². The third kappa shape index (κ3) is 4.67. The Kier molecular flexibility index (Phi) is 6.18. The summed E-state index contributed by atoms with van der Waals surface area (Å²) < 4.78 is 26.2. The van der Waals surface area contributed by atoms with Gasteiger partial charge < -0.3 is 7.16 Å². The van der Waals surface area contributed by atoms with Crippen LogP contribution in [0.5, 0.6) is 0 Å². The molecular weight excluding hydrogens is 315 g/mol. The first-order chi connectivity index (χ1) is 8.47. The van der Waals surface area contributed by atoms with Crippen LogP contribution in [0.15, 0.2) is 41.3 Å². The number of hydrogen-bond donors (Lipinski definition) is 2. The predicted octanol–water partition coefficient (Wildman–Crippen LogP) is -1.37. The number of aromatic nitrogens is 2. The fourth-order valence-corrected chi connectivity index (χ4v) is 2.31. The Hall–Kier alpha value is -0.224. The summed E-state index contributed by atoms with van der Waals surface area (Å²) in [6.45, 7) is 0. The molecule has 0 radical (unpaired) electrons. The second-order valence-corrected chi connectivity index (χ2v) is 5.49. The summed E-state index contributed by atoms with van der Waals surface area (Å²) in [7, 11) is -3.69. The average molecular weight is 325 g/mol. The molecule has 6 nitrogen and oxygen atoms in total. The Morgan fingerprint density at radius 3 is 2.26 bits per heavy atom. The number of rotatable bonds is 3. The van der Waals surface area contributed by atoms with Crippen molar-refractivity contribution in [2.45, 2.75) is 4.90 Å². The van der Waals surface area contributed by atoms with Gasteiger partial charge in [0.2, 0.25) is 0 Å². The molecule has 0 spiro atoms. The van der Waals surface area contributed by atoms with Crippen LogP contribution in [0, 0.1) is 0 Å². The zero-order valence-electron chi connectivity index (χ0n) is 11.0. The Morgan fingerprint density at radius 2 is 1.74 bits per heavy atom. The van der Waals surface area contributed by atoms with Crippen molar-refractivity contribution in [3.05, 3.63) is 41.6 Å². The summed E-state index contributed by atoms with van der Waals surface area (Å²) in [5.74, 6) is 0.0937. The SMILES string of the molecule is Nc1ccc(S(=O)(=O)Nc2ccc(Cl)nn2)cc1.[H-].[K+]. The summed E-state index contributed by atoms with van der Waals surface area (Å²) >= 11 is 5.55. The molecule has 0 saturated carbocycles. The van der Waals surface area contributed by atoms with Gasteiger partial charge >= 0.3 is 51.4 Å². The van der Waals surface area contributed by atoms with E-state index in [0.29, 0.717) is 5.69 Å². The van der Waals surface area contributed by atoms with E-state index in [0.717, 1.165) is 0 Å². The quantitative estimate of drug-likeness (QED) is 0.536. The molecule has 2 aromatic rings. The van der Waals surface area contributed by atoms with E-state index < -0.39 is 10.0 Å². The van der Waals surface area contributed by atoms with Crippen LogP contribution >= 0.6 is 11.6 Å². The van der Waals surface area contributed by atoms with Gasteiger partial charge in [0.15, 0.2) is 11.0 Å². The zero-order chi connectivity index (χ0) is 13.2. The minimum atomic E-state index is -3.69. The topological polar surface area (TPSA) is 98.0 Å². The zero-order valence-corrected chi connectivity index (χ0v) is 14.7. The standard InChI is InChI=1S/C10H9ClN4O2S.K.H/c11-9-5-6-10(14-13-9)15-18(16,17)8-3-1-7(12)2-4-8;;/h1-6H,12H2,(H,14,15);;/q;+1;-1. The van der Waals surface area contributed by atoms with Crippen LogP contribution in [0.3, 0.4) is 0 Å². The maximum atomic E-state index is 11.9. The number of nitrogen functional groups attached to an aromatic ring is 1. The third-order valence-electron chi connectivity index (χ3n) is 2.06. The summed E-state index contributed by atoms with van der Waals surface area (Å²) in [5.41, 5.74) is 5.97. The van der Waals surface area contributed by atoms with Crippen molar-refractivity contribution in [3.8, 4) is 0 Å². The summed E-state index contributed by atoms with van der Waals surface area (Å²) in [6, 6.07) is 8.67. The molecule has 19 heavy (non-hydrogen) atoms. The largest absolute Gasteiger partial charge is 1.00 e. The molecule has 0 fully saturated rings. The van der Waals surface area contributed by atoms with Crippen LogP contribution in [0.2, 0.25) is 5.15 Å². The van der Waals surface area contributed by atoms with Crippen molar-refractivity contribution < 1.29 is 61.2 Å². The molecule has 0 aliphatic rings. The van der Waals surface area contributed by atoms with Crippen LogP contribution in [0.25, 0.3) is 0 Å². The number of sulfonamides is 1. The molecule has 9 heteroatoms. The number of hydrogen-bond acceptors (Lipinski definition) is 5. The second kappa shape index (κ2) is 6.98. The van der Waals surface area contributed by atoms with E-state index in [1.807, 2.05) is 0 Å². The molecule has 0 unspecified atom stereocenters. The predicted molar refractivity (Wildman–Crippen MR) is 69.8 cm³/mol. The van der Waals surface area contributed by atoms with E-state index in [1.54, 1.807) is 0 Å². The summed E-state index contributed by atoms with van der Waals surface area (Å²) in [5, 5.41) is 7.33. The van der Waals surface area contributed by atoms with Crippen LogP contribution in [0.4, 0.5) is 11.5 Å². The number of nitrogens with one attached hydrogen (secondary N) is 1. The number of halogens is 1. The molecule has 1 aromatic heterocycles. The van der Waals surface area contributed by atoms with Gasteiger partial charge in [-0.2, -0.15) is 0 Å². The van der Waals surface area contributed by atoms with Crippen LogP contribution in [-0.4, -0.2) is 18.6 Å². The number of nitrogens with two attached hydrogens (primary N) is 1. The minimum Gasteiger partial charge on any atom is -1.00 e. The van der Waals surface area contributed by atoms with Gasteiger partial charge in [0.25, 0.3) is 10.0 Å². The molecular formula is C10H10ClKN4O2S. The van der Waals surface area contributed by atoms with E-state index >= 15 is 0 Å². The molecule has 0 amide bonds. The van der Waals surface area contributed by atoms with Gasteiger partial charge in [-0.3, -0.25) is 4.72 Å². The van der Waals surface area contributed by atoms with Crippen LogP contribution in [0.1, 0.15) is 1.43 Å². The van der Waals surface area contributed by atoms with Gasteiger partial charge in [-0.05, 0) is 36.4 Å². The molecule has 2 rings (SSSR count). The van der Waals surface area contributed by atoms with Gasteiger partial charge in [-0.25, -0.2) is 8.42 Å². The molecule has 0 aliphatic heterocycles. The second-order valence-electron chi connectivity index (χ2n) is 3.42. The fourth-order valence-electron chi connectivity index (χ4n) is 1.21.